The Morgan fingerprint density at radius 2 is 1.71 bits per heavy atom. The number of halogens is 3. The average Bonchev–Trinajstić information content (AvgIpc) is 2.83. The summed E-state index contributed by atoms with van der Waals surface area (Å²) in [6, 6.07) is 9.89. The molecule has 6 heteroatoms. The second kappa shape index (κ2) is 6.24. The van der Waals surface area contributed by atoms with Gasteiger partial charge >= 0.3 is 0 Å². The van der Waals surface area contributed by atoms with Crippen LogP contribution < -0.4 is 4.74 Å². The van der Waals surface area contributed by atoms with Crippen molar-refractivity contribution in [2.24, 2.45) is 0 Å². The highest BCUT2D eigenvalue weighted by Gasteiger charge is 2.25. The summed E-state index contributed by atoms with van der Waals surface area (Å²) < 4.78 is 35.7. The molecule has 0 radical (unpaired) electrons. The molecule has 24 heavy (non-hydrogen) atoms. The molecule has 1 heterocycles. The Labute approximate surface area is 143 Å². The summed E-state index contributed by atoms with van der Waals surface area (Å²) in [6.07, 6.45) is 0. The highest BCUT2D eigenvalue weighted by Crippen LogP contribution is 2.37. The van der Waals surface area contributed by atoms with Crippen molar-refractivity contribution in [1.82, 2.24) is 9.55 Å². The number of methoxy groups -OCH3 is 1. The molecule has 0 fully saturated rings. The van der Waals surface area contributed by atoms with Crippen LogP contribution in [0.15, 0.2) is 36.4 Å². The number of benzene rings is 2. The number of aromatic nitrogens is 2. The molecular formula is C18H15ClF2N2O. The van der Waals surface area contributed by atoms with Crippen LogP contribution in [0, 0.1) is 25.5 Å². The predicted molar refractivity (Wildman–Crippen MR) is 90.0 cm³/mol. The minimum atomic E-state index is -0.812. The summed E-state index contributed by atoms with van der Waals surface area (Å²) in [5.41, 5.74) is 1.68. The maximum atomic E-state index is 14.7. The molecule has 0 saturated heterocycles. The fraction of sp³-hybridized carbons (Fsp3) is 0.167. The summed E-state index contributed by atoms with van der Waals surface area (Å²) in [5.74, 6) is -1.08. The second-order valence-corrected chi connectivity index (χ2v) is 5.77. The number of rotatable bonds is 3. The van der Waals surface area contributed by atoms with E-state index in [1.54, 1.807) is 11.5 Å². The Kier molecular flexibility index (Phi) is 4.28. The summed E-state index contributed by atoms with van der Waals surface area (Å²) in [5, 5.41) is 0.0270. The maximum absolute atomic E-state index is 14.7. The lowest BCUT2D eigenvalue weighted by Crippen LogP contribution is -2.03. The number of ether oxygens (including phenoxy) is 1. The third-order valence-electron chi connectivity index (χ3n) is 3.81. The van der Waals surface area contributed by atoms with Gasteiger partial charge in [-0.2, -0.15) is 0 Å². The summed E-state index contributed by atoms with van der Waals surface area (Å²) >= 11 is 6.20. The lowest BCUT2D eigenvalue weighted by atomic mass is 10.1. The van der Waals surface area contributed by atoms with Crippen LogP contribution in [0.5, 0.6) is 5.75 Å². The maximum Gasteiger partial charge on any atom is 0.177 e. The van der Waals surface area contributed by atoms with E-state index in [9.17, 15) is 8.78 Å². The van der Waals surface area contributed by atoms with Gasteiger partial charge in [0.2, 0.25) is 0 Å². The smallest absolute Gasteiger partial charge is 0.177 e. The molecule has 3 nitrogen and oxygen atoms in total. The minimum absolute atomic E-state index is 0.0270. The van der Waals surface area contributed by atoms with Gasteiger partial charge in [0.25, 0.3) is 0 Å². The predicted octanol–water partition coefficient (Wildman–Crippen LogP) is 5.10. The summed E-state index contributed by atoms with van der Waals surface area (Å²) in [7, 11) is 1.32. The van der Waals surface area contributed by atoms with Crippen LogP contribution in [0.3, 0.4) is 0 Å². The molecule has 0 spiro atoms. The first kappa shape index (κ1) is 16.5. The zero-order chi connectivity index (χ0) is 17.4. The first-order chi connectivity index (χ1) is 11.4. The Balaban J connectivity index is 2.33. The summed E-state index contributed by atoms with van der Waals surface area (Å²) in [6.45, 7) is 3.69. The molecule has 3 aromatic rings. The fourth-order valence-electron chi connectivity index (χ4n) is 2.63. The number of hydrogen-bond donors (Lipinski definition) is 0. The van der Waals surface area contributed by atoms with Gasteiger partial charge in [-0.25, -0.2) is 13.8 Å². The van der Waals surface area contributed by atoms with E-state index in [1.165, 1.54) is 13.2 Å². The van der Waals surface area contributed by atoms with E-state index >= 15 is 0 Å². The van der Waals surface area contributed by atoms with Gasteiger partial charge in [-0.3, -0.25) is 4.57 Å². The van der Waals surface area contributed by atoms with E-state index in [4.69, 9.17) is 16.3 Å². The first-order valence-corrected chi connectivity index (χ1v) is 7.66. The van der Waals surface area contributed by atoms with Gasteiger partial charge in [0.15, 0.2) is 16.7 Å². The van der Waals surface area contributed by atoms with Crippen molar-refractivity contribution in [3.05, 3.63) is 64.6 Å². The highest BCUT2D eigenvalue weighted by atomic mass is 35.5. The molecular weight excluding hydrogens is 334 g/mol. The molecule has 3 rings (SSSR count). The van der Waals surface area contributed by atoms with Crippen molar-refractivity contribution in [3.8, 4) is 22.7 Å². The van der Waals surface area contributed by atoms with Crippen molar-refractivity contribution in [3.63, 3.8) is 0 Å². The van der Waals surface area contributed by atoms with E-state index in [1.807, 2.05) is 31.2 Å². The lowest BCUT2D eigenvalue weighted by Gasteiger charge is -2.14. The molecule has 0 aliphatic heterocycles. The van der Waals surface area contributed by atoms with Crippen LogP contribution in [0.4, 0.5) is 8.78 Å². The van der Waals surface area contributed by atoms with Gasteiger partial charge in [-0.15, -0.1) is 0 Å². The van der Waals surface area contributed by atoms with E-state index in [0.717, 1.165) is 11.6 Å². The number of nitrogens with zero attached hydrogens (tertiary/aromatic N) is 2. The highest BCUT2D eigenvalue weighted by molar-refractivity contribution is 6.32. The Morgan fingerprint density at radius 1 is 1.04 bits per heavy atom. The molecule has 0 atom stereocenters. The molecule has 0 bridgehead atoms. The monoisotopic (exact) mass is 348 g/mol. The standard InChI is InChI=1S/C18H15ClF2N2O/c1-10-4-6-12(7-5-10)23-11(2)22-18(19)17(23)15-13(20)8-9-14(24-3)16(15)21/h4-9H,1-3H3. The number of imidazole rings is 1. The molecule has 0 amide bonds. The SMILES string of the molecule is COc1ccc(F)c(-c2c(Cl)nc(C)n2-c2ccc(C)cc2)c1F. The molecule has 0 aliphatic carbocycles. The van der Waals surface area contributed by atoms with Crippen LogP contribution in [-0.2, 0) is 0 Å². The second-order valence-electron chi connectivity index (χ2n) is 5.41. The number of aryl methyl sites for hydroxylation is 2. The Morgan fingerprint density at radius 3 is 2.33 bits per heavy atom. The zero-order valence-electron chi connectivity index (χ0n) is 13.4. The third kappa shape index (κ3) is 2.65. The molecule has 0 N–H and O–H groups in total. The van der Waals surface area contributed by atoms with Crippen LogP contribution >= 0.6 is 11.6 Å². The van der Waals surface area contributed by atoms with Gasteiger partial charge < -0.3 is 4.74 Å². The molecule has 124 valence electrons. The molecule has 0 saturated carbocycles. The zero-order valence-corrected chi connectivity index (χ0v) is 14.2. The van der Waals surface area contributed by atoms with Crippen LogP contribution in [0.1, 0.15) is 11.4 Å². The van der Waals surface area contributed by atoms with Crippen LogP contribution in [-0.4, -0.2) is 16.7 Å². The first-order valence-electron chi connectivity index (χ1n) is 7.28. The van der Waals surface area contributed by atoms with Gasteiger partial charge in [0, 0.05) is 5.69 Å². The molecule has 0 unspecified atom stereocenters. The topological polar surface area (TPSA) is 27.1 Å². The largest absolute Gasteiger partial charge is 0.494 e. The normalized spacial score (nSPS) is 10.9. The van der Waals surface area contributed by atoms with E-state index in [0.29, 0.717) is 11.5 Å². The van der Waals surface area contributed by atoms with Crippen molar-refractivity contribution in [1.29, 1.82) is 0 Å². The van der Waals surface area contributed by atoms with Gasteiger partial charge in [-0.1, -0.05) is 29.3 Å². The number of hydrogen-bond acceptors (Lipinski definition) is 2. The summed E-state index contributed by atoms with van der Waals surface area (Å²) in [4.78, 5) is 4.18. The molecule has 0 aliphatic rings. The van der Waals surface area contributed by atoms with Crippen LogP contribution in [0.25, 0.3) is 16.9 Å². The molecule has 1 aromatic heterocycles. The van der Waals surface area contributed by atoms with Gasteiger partial charge in [0.1, 0.15) is 11.6 Å². The van der Waals surface area contributed by atoms with Crippen molar-refractivity contribution >= 4 is 11.6 Å². The fourth-order valence-corrected chi connectivity index (χ4v) is 2.93. The van der Waals surface area contributed by atoms with E-state index in [2.05, 4.69) is 4.98 Å². The van der Waals surface area contributed by atoms with E-state index in [-0.39, 0.29) is 22.2 Å². The molecule has 2 aromatic carbocycles. The van der Waals surface area contributed by atoms with Crippen molar-refractivity contribution in [2.75, 3.05) is 7.11 Å². The lowest BCUT2D eigenvalue weighted by molar-refractivity contribution is 0.385. The quantitative estimate of drug-likeness (QED) is 0.658. The van der Waals surface area contributed by atoms with E-state index < -0.39 is 11.6 Å². The van der Waals surface area contributed by atoms with Crippen molar-refractivity contribution in [2.45, 2.75) is 13.8 Å². The van der Waals surface area contributed by atoms with Gasteiger partial charge in [-0.05, 0) is 38.1 Å². The minimum Gasteiger partial charge on any atom is -0.494 e. The Hall–Kier alpha value is -2.40. The van der Waals surface area contributed by atoms with Gasteiger partial charge in [0.05, 0.1) is 18.4 Å². The van der Waals surface area contributed by atoms with Crippen molar-refractivity contribution < 1.29 is 13.5 Å². The van der Waals surface area contributed by atoms with Crippen LogP contribution in [0.2, 0.25) is 5.15 Å². The Bertz CT molecular complexity index is 904. The third-order valence-corrected chi connectivity index (χ3v) is 4.07. The average molecular weight is 349 g/mol.